The Labute approximate surface area is 553 Å². The fourth-order valence-corrected chi connectivity index (χ4v) is 9.68. The second-order valence-corrected chi connectivity index (χ2v) is 24.6. The maximum atomic E-state index is 13.6. The first-order valence-electron chi connectivity index (χ1n) is 36.2. The van der Waals surface area contributed by atoms with Gasteiger partial charge in [0.2, 0.25) is 5.91 Å². The highest BCUT2D eigenvalue weighted by Gasteiger charge is 2.38. The SMILES string of the molecule is CCCCC/C=C\C/C=C\CCCCCCCCOC(=O)CCC(=O)OCC(COC(=O)CCC(=O)OCCCCCCCC/C=C\C/C=C\CCCCC)(COC(=O)CCC(=O)OCCCCCCCC/C=C\C/C=C\CCCCC)NC(=O)CCCN(C)C. The highest BCUT2D eigenvalue weighted by Crippen LogP contribution is 2.16. The van der Waals surface area contributed by atoms with E-state index in [0.717, 1.165) is 154 Å². The van der Waals surface area contributed by atoms with Gasteiger partial charge in [0.15, 0.2) is 0 Å². The number of carbonyl (C=O) groups excluding carboxylic acids is 7. The van der Waals surface area contributed by atoms with Crippen molar-refractivity contribution in [2.24, 2.45) is 0 Å². The Hall–Kier alpha value is -5.31. The van der Waals surface area contributed by atoms with Crippen LogP contribution in [0.5, 0.6) is 0 Å². The lowest BCUT2D eigenvalue weighted by molar-refractivity contribution is -0.162. The molecule has 0 aromatic heterocycles. The molecule has 0 saturated carbocycles. The van der Waals surface area contributed by atoms with Crippen LogP contribution in [0.4, 0.5) is 0 Å². The average molecular weight is 1280 g/mol. The zero-order chi connectivity index (χ0) is 66.6. The molecule has 1 N–H and O–H groups in total. The van der Waals surface area contributed by atoms with Crippen molar-refractivity contribution >= 4 is 41.7 Å². The molecule has 1 amide bonds. The molecule has 0 unspecified atom stereocenters. The summed E-state index contributed by atoms with van der Waals surface area (Å²) in [7, 11) is 3.74. The van der Waals surface area contributed by atoms with Crippen molar-refractivity contribution in [1.29, 1.82) is 0 Å². The zero-order valence-corrected chi connectivity index (χ0v) is 58.2. The van der Waals surface area contributed by atoms with Crippen molar-refractivity contribution in [2.45, 2.75) is 309 Å². The second kappa shape index (κ2) is 66.2. The average Bonchev–Trinajstić information content (AvgIpc) is 3.34. The van der Waals surface area contributed by atoms with E-state index in [1.807, 2.05) is 19.0 Å². The number of unbranched alkanes of at least 4 members (excludes halogenated alkanes) is 27. The first-order chi connectivity index (χ1) is 44.4. The summed E-state index contributed by atoms with van der Waals surface area (Å²) < 4.78 is 33.1. The number of nitrogens with zero attached hydrogens (tertiary/aromatic N) is 1. The summed E-state index contributed by atoms with van der Waals surface area (Å²) in [6.07, 6.45) is 65.2. The maximum absolute atomic E-state index is 13.6. The molecule has 0 aliphatic rings. The van der Waals surface area contributed by atoms with Gasteiger partial charge in [0.05, 0.1) is 58.3 Å². The largest absolute Gasteiger partial charge is 0.466 e. The Morgan fingerprint density at radius 1 is 0.297 bits per heavy atom. The third kappa shape index (κ3) is 63.2. The van der Waals surface area contributed by atoms with Gasteiger partial charge in [-0.1, -0.05) is 209 Å². The van der Waals surface area contributed by atoms with Crippen LogP contribution in [0.25, 0.3) is 0 Å². The molecule has 15 heteroatoms. The predicted octanol–water partition coefficient (Wildman–Crippen LogP) is 18.2. The van der Waals surface area contributed by atoms with E-state index in [4.69, 9.17) is 28.4 Å². The lowest BCUT2D eigenvalue weighted by Crippen LogP contribution is -2.59. The number of amides is 1. The van der Waals surface area contributed by atoms with Gasteiger partial charge in [-0.2, -0.15) is 0 Å². The molecule has 0 spiro atoms. The van der Waals surface area contributed by atoms with E-state index in [2.05, 4.69) is 99.0 Å². The fourth-order valence-electron chi connectivity index (χ4n) is 9.68. The van der Waals surface area contributed by atoms with Gasteiger partial charge in [-0.15, -0.1) is 0 Å². The Bertz CT molecular complexity index is 1790. The van der Waals surface area contributed by atoms with E-state index in [0.29, 0.717) is 32.2 Å². The number of ether oxygens (including phenoxy) is 6. The molecule has 522 valence electrons. The van der Waals surface area contributed by atoms with Crippen molar-refractivity contribution < 1.29 is 62.0 Å². The second-order valence-electron chi connectivity index (χ2n) is 24.6. The molecule has 15 nitrogen and oxygen atoms in total. The number of carbonyl (C=O) groups is 7. The molecule has 0 fully saturated rings. The van der Waals surface area contributed by atoms with Crippen molar-refractivity contribution in [3.05, 3.63) is 72.9 Å². The van der Waals surface area contributed by atoms with Crippen LogP contribution in [0, 0.1) is 0 Å². The lowest BCUT2D eigenvalue weighted by atomic mass is 10.0. The summed E-state index contributed by atoms with van der Waals surface area (Å²) in [5.74, 6) is -4.52. The highest BCUT2D eigenvalue weighted by molar-refractivity contribution is 5.80. The van der Waals surface area contributed by atoms with Gasteiger partial charge in [-0.25, -0.2) is 0 Å². The first-order valence-corrected chi connectivity index (χ1v) is 36.2. The van der Waals surface area contributed by atoms with Crippen LogP contribution >= 0.6 is 0 Å². The monoisotopic (exact) mass is 1280 g/mol. The van der Waals surface area contributed by atoms with Crippen molar-refractivity contribution in [1.82, 2.24) is 10.2 Å². The van der Waals surface area contributed by atoms with E-state index in [1.165, 1.54) is 57.8 Å². The number of rotatable bonds is 65. The molecule has 0 aromatic carbocycles. The minimum Gasteiger partial charge on any atom is -0.466 e. The van der Waals surface area contributed by atoms with E-state index in [9.17, 15) is 33.6 Å². The number of hydrogen-bond acceptors (Lipinski definition) is 14. The molecule has 0 saturated heterocycles. The molecular weight excluding hydrogens is 1150 g/mol. The molecule has 0 rings (SSSR count). The van der Waals surface area contributed by atoms with Gasteiger partial charge in [0, 0.05) is 6.42 Å². The van der Waals surface area contributed by atoms with Gasteiger partial charge in [-0.3, -0.25) is 33.6 Å². The van der Waals surface area contributed by atoms with Crippen LogP contribution in [0.2, 0.25) is 0 Å². The molecule has 0 aromatic rings. The van der Waals surface area contributed by atoms with E-state index in [1.54, 1.807) is 0 Å². The van der Waals surface area contributed by atoms with Gasteiger partial charge in [0.25, 0.3) is 0 Å². The third-order valence-electron chi connectivity index (χ3n) is 15.4. The summed E-state index contributed by atoms with van der Waals surface area (Å²) >= 11 is 0. The Kier molecular flexibility index (Phi) is 62.3. The first kappa shape index (κ1) is 85.7. The molecule has 0 radical (unpaired) electrons. The summed E-state index contributed by atoms with van der Waals surface area (Å²) in [5.41, 5.74) is -1.78. The van der Waals surface area contributed by atoms with Crippen LogP contribution in [0.15, 0.2) is 72.9 Å². The van der Waals surface area contributed by atoms with Crippen molar-refractivity contribution in [3.8, 4) is 0 Å². The van der Waals surface area contributed by atoms with Crippen LogP contribution < -0.4 is 5.32 Å². The van der Waals surface area contributed by atoms with Crippen LogP contribution in [0.3, 0.4) is 0 Å². The van der Waals surface area contributed by atoms with Gasteiger partial charge in [-0.05, 0) is 143 Å². The fraction of sp³-hybridized carbons (Fsp3) is 0.750. The van der Waals surface area contributed by atoms with Gasteiger partial charge < -0.3 is 38.6 Å². The quantitative estimate of drug-likeness (QED) is 0.0262. The summed E-state index contributed by atoms with van der Waals surface area (Å²) in [4.78, 5) is 93.2. The summed E-state index contributed by atoms with van der Waals surface area (Å²) in [6.45, 7) is 6.18. The zero-order valence-electron chi connectivity index (χ0n) is 58.2. The normalized spacial score (nSPS) is 12.0. The molecule has 0 bridgehead atoms. The predicted molar refractivity (Wildman–Crippen MR) is 370 cm³/mol. The summed E-state index contributed by atoms with van der Waals surface area (Å²) in [6, 6.07) is 0. The molecule has 91 heavy (non-hydrogen) atoms. The minimum absolute atomic E-state index is 0.0405. The van der Waals surface area contributed by atoms with E-state index < -0.39 is 67.1 Å². The Morgan fingerprint density at radius 2 is 0.538 bits per heavy atom. The van der Waals surface area contributed by atoms with E-state index >= 15 is 0 Å². The number of esters is 6. The number of hydrogen-bond donors (Lipinski definition) is 1. The van der Waals surface area contributed by atoms with Gasteiger partial charge >= 0.3 is 35.8 Å². The third-order valence-corrected chi connectivity index (χ3v) is 15.4. The van der Waals surface area contributed by atoms with Crippen LogP contribution in [0.1, 0.15) is 303 Å². The summed E-state index contributed by atoms with van der Waals surface area (Å²) in [5, 5.41) is 2.81. The molecular formula is C76H130N2O13. The maximum Gasteiger partial charge on any atom is 0.306 e. The Balaban J connectivity index is 5.35. The van der Waals surface area contributed by atoms with Crippen molar-refractivity contribution in [2.75, 3.05) is 60.3 Å². The molecule has 0 aliphatic heterocycles. The Morgan fingerprint density at radius 3 is 0.802 bits per heavy atom. The minimum atomic E-state index is -1.78. The van der Waals surface area contributed by atoms with Crippen LogP contribution in [-0.2, 0) is 62.0 Å². The van der Waals surface area contributed by atoms with Crippen molar-refractivity contribution in [3.63, 3.8) is 0 Å². The lowest BCUT2D eigenvalue weighted by Gasteiger charge is -2.33. The molecule has 0 aliphatic carbocycles. The topological polar surface area (TPSA) is 190 Å². The number of nitrogens with one attached hydrogen (secondary N) is 1. The highest BCUT2D eigenvalue weighted by atomic mass is 16.6. The molecule has 0 heterocycles. The van der Waals surface area contributed by atoms with Gasteiger partial charge in [0.1, 0.15) is 25.4 Å². The molecule has 0 atom stereocenters. The smallest absolute Gasteiger partial charge is 0.306 e. The standard InChI is InChI=1S/C76H130N2O13/c1-6-9-12-15-18-21-24-27-30-33-36-39-42-45-48-51-63-86-70(80)56-59-73(83)89-66-76(77-69(79)55-54-62-78(4)5,67-90-74(84)60-57-71(81)87-64-52-49-46-43-40-37-34-31-28-25-22-19-16-13-10-7-2)68-91-75(85)61-58-72(82)88-65-53-50-47-44-41-38-35-32-29-26-23-20-17-14-11-8-3/h18-23,27-32H,6-17,24-26,33-68H2,1-5H3,(H,77,79)/b21-18-,22-19-,23-20-,30-27-,31-28-,32-29-. The van der Waals surface area contributed by atoms with Crippen LogP contribution in [-0.4, -0.2) is 112 Å². The number of allylic oxidation sites excluding steroid dienone is 12. The van der Waals surface area contributed by atoms with E-state index in [-0.39, 0.29) is 64.8 Å².